The monoisotopic (exact) mass is 444 g/mol. The van der Waals surface area contributed by atoms with E-state index < -0.39 is 0 Å². The number of amides is 1. The van der Waals surface area contributed by atoms with Crippen LogP contribution in [0.4, 0.5) is 5.69 Å². The van der Waals surface area contributed by atoms with Crippen LogP contribution in [0, 0.1) is 6.92 Å². The zero-order valence-electron chi connectivity index (χ0n) is 19.0. The summed E-state index contributed by atoms with van der Waals surface area (Å²) < 4.78 is 6.87. The molecule has 0 spiro atoms. The first-order valence-electron chi connectivity index (χ1n) is 11.1. The molecule has 1 aromatic heterocycles. The molecule has 0 radical (unpaired) electrons. The van der Waals surface area contributed by atoms with Gasteiger partial charge in [0.15, 0.2) is 0 Å². The summed E-state index contributed by atoms with van der Waals surface area (Å²) in [7, 11) is 0. The van der Waals surface area contributed by atoms with Gasteiger partial charge in [0, 0.05) is 30.5 Å². The molecular weight excluding hydrogens is 416 g/mol. The van der Waals surface area contributed by atoms with Gasteiger partial charge in [-0.2, -0.15) is 5.10 Å². The molecule has 1 amide bonds. The van der Waals surface area contributed by atoms with Gasteiger partial charge in [-0.1, -0.05) is 23.8 Å². The fraction of sp³-hybridized carbons (Fsp3) is 0.269. The molecule has 0 atom stereocenters. The smallest absolute Gasteiger partial charge is 0.338 e. The van der Waals surface area contributed by atoms with Crippen molar-refractivity contribution in [3.8, 4) is 5.69 Å². The Kier molecular flexibility index (Phi) is 7.00. The van der Waals surface area contributed by atoms with Crippen molar-refractivity contribution in [1.82, 2.24) is 14.7 Å². The van der Waals surface area contributed by atoms with Gasteiger partial charge in [-0.3, -0.25) is 9.69 Å². The lowest BCUT2D eigenvalue weighted by Crippen LogP contribution is -2.36. The molecule has 0 fully saturated rings. The molecule has 0 bridgehead atoms. The first kappa shape index (κ1) is 22.5. The molecule has 3 aromatic rings. The van der Waals surface area contributed by atoms with E-state index in [0.717, 1.165) is 24.2 Å². The third-order valence-corrected chi connectivity index (χ3v) is 5.59. The highest BCUT2D eigenvalue weighted by Crippen LogP contribution is 2.23. The van der Waals surface area contributed by atoms with Crippen molar-refractivity contribution in [3.63, 3.8) is 0 Å². The molecule has 170 valence electrons. The molecule has 7 heteroatoms. The molecule has 33 heavy (non-hydrogen) atoms. The first-order chi connectivity index (χ1) is 16.0. The summed E-state index contributed by atoms with van der Waals surface area (Å²) in [6, 6.07) is 15.0. The minimum absolute atomic E-state index is 0.0806. The van der Waals surface area contributed by atoms with Gasteiger partial charge in [0.25, 0.3) is 0 Å². The highest BCUT2D eigenvalue weighted by molar-refractivity contribution is 5.94. The number of ether oxygens (including phenoxy) is 1. The highest BCUT2D eigenvalue weighted by Gasteiger charge is 2.17. The molecule has 0 aliphatic carbocycles. The van der Waals surface area contributed by atoms with E-state index in [-0.39, 0.29) is 11.9 Å². The number of aryl methyl sites for hydroxylation is 1. The van der Waals surface area contributed by atoms with Crippen LogP contribution in [-0.4, -0.2) is 52.8 Å². The third-order valence-electron chi connectivity index (χ3n) is 5.59. The third kappa shape index (κ3) is 5.75. The SMILES string of the molecule is CCOC(=O)c1ccc(NC(=O)CN2CC=C(c3cnn(-c4ccc(C)cc4)c3)CC2)cc1. The molecular formula is C26H28N4O3. The fourth-order valence-electron chi connectivity index (χ4n) is 3.75. The number of rotatable bonds is 7. The lowest BCUT2D eigenvalue weighted by Gasteiger charge is -2.25. The van der Waals surface area contributed by atoms with Gasteiger partial charge in [-0.25, -0.2) is 9.48 Å². The summed E-state index contributed by atoms with van der Waals surface area (Å²) in [6.07, 6.45) is 6.98. The standard InChI is InChI=1S/C26H28N4O3/c1-3-33-26(32)21-6-8-23(9-7-21)28-25(31)18-29-14-12-20(13-15-29)22-16-27-30(17-22)24-10-4-19(2)5-11-24/h4-12,16-17H,3,13-15,18H2,1-2H3,(H,28,31). The Morgan fingerprint density at radius 1 is 1.09 bits per heavy atom. The van der Waals surface area contributed by atoms with Crippen LogP contribution in [0.3, 0.4) is 0 Å². The topological polar surface area (TPSA) is 76.5 Å². The Labute approximate surface area is 193 Å². The summed E-state index contributed by atoms with van der Waals surface area (Å²) in [6.45, 7) is 5.99. The normalized spacial score (nSPS) is 13.9. The average Bonchev–Trinajstić information content (AvgIpc) is 3.31. The number of hydrogen-bond donors (Lipinski definition) is 1. The molecule has 2 heterocycles. The Morgan fingerprint density at radius 3 is 2.52 bits per heavy atom. The van der Waals surface area contributed by atoms with E-state index in [2.05, 4.69) is 58.8 Å². The number of aromatic nitrogens is 2. The van der Waals surface area contributed by atoms with Crippen LogP contribution in [0.2, 0.25) is 0 Å². The van der Waals surface area contributed by atoms with Gasteiger partial charge in [0.05, 0.1) is 30.6 Å². The van der Waals surface area contributed by atoms with Crippen molar-refractivity contribution < 1.29 is 14.3 Å². The molecule has 1 aliphatic rings. The summed E-state index contributed by atoms with van der Waals surface area (Å²) in [4.78, 5) is 26.3. The molecule has 4 rings (SSSR count). The van der Waals surface area contributed by atoms with Crippen LogP contribution in [0.25, 0.3) is 11.3 Å². The number of carbonyl (C=O) groups excluding carboxylic acids is 2. The summed E-state index contributed by atoms with van der Waals surface area (Å²) in [5.41, 5.74) is 5.75. The minimum atomic E-state index is -0.365. The highest BCUT2D eigenvalue weighted by atomic mass is 16.5. The lowest BCUT2D eigenvalue weighted by molar-refractivity contribution is -0.117. The van der Waals surface area contributed by atoms with E-state index >= 15 is 0 Å². The average molecular weight is 445 g/mol. The zero-order chi connectivity index (χ0) is 23.2. The van der Waals surface area contributed by atoms with Gasteiger partial charge in [-0.05, 0) is 62.2 Å². The summed E-state index contributed by atoms with van der Waals surface area (Å²) in [5.74, 6) is -0.446. The van der Waals surface area contributed by atoms with E-state index in [0.29, 0.717) is 30.9 Å². The zero-order valence-corrected chi connectivity index (χ0v) is 19.0. The first-order valence-corrected chi connectivity index (χ1v) is 11.1. The Balaban J connectivity index is 1.30. The van der Waals surface area contributed by atoms with Gasteiger partial charge in [0.1, 0.15) is 0 Å². The molecule has 0 saturated carbocycles. The van der Waals surface area contributed by atoms with Crippen molar-refractivity contribution in [2.45, 2.75) is 20.3 Å². The number of esters is 1. The Hall–Kier alpha value is -3.71. The van der Waals surface area contributed by atoms with Crippen LogP contribution in [0.5, 0.6) is 0 Å². The lowest BCUT2D eigenvalue weighted by atomic mass is 10.0. The molecule has 0 saturated heterocycles. The minimum Gasteiger partial charge on any atom is -0.462 e. The van der Waals surface area contributed by atoms with E-state index in [9.17, 15) is 9.59 Å². The second-order valence-corrected chi connectivity index (χ2v) is 8.07. The Bertz CT molecular complexity index is 1150. The largest absolute Gasteiger partial charge is 0.462 e. The van der Waals surface area contributed by atoms with Crippen molar-refractivity contribution >= 4 is 23.1 Å². The van der Waals surface area contributed by atoms with Crippen molar-refractivity contribution in [1.29, 1.82) is 0 Å². The number of hydrogen-bond acceptors (Lipinski definition) is 5. The number of nitrogens with zero attached hydrogens (tertiary/aromatic N) is 3. The number of carbonyl (C=O) groups is 2. The maximum Gasteiger partial charge on any atom is 0.338 e. The molecule has 2 aromatic carbocycles. The van der Waals surface area contributed by atoms with E-state index in [1.54, 1.807) is 31.2 Å². The quantitative estimate of drug-likeness (QED) is 0.556. The van der Waals surface area contributed by atoms with Crippen LogP contribution >= 0.6 is 0 Å². The van der Waals surface area contributed by atoms with Crippen LogP contribution in [0.15, 0.2) is 67.0 Å². The fourth-order valence-corrected chi connectivity index (χ4v) is 3.75. The van der Waals surface area contributed by atoms with Crippen LogP contribution in [-0.2, 0) is 9.53 Å². The van der Waals surface area contributed by atoms with E-state index in [1.807, 2.05) is 10.9 Å². The Morgan fingerprint density at radius 2 is 1.85 bits per heavy atom. The summed E-state index contributed by atoms with van der Waals surface area (Å²) >= 11 is 0. The van der Waals surface area contributed by atoms with Gasteiger partial charge in [0.2, 0.25) is 5.91 Å². The number of nitrogens with one attached hydrogen (secondary N) is 1. The predicted octanol–water partition coefficient (Wildman–Crippen LogP) is 4.09. The number of benzene rings is 2. The maximum absolute atomic E-state index is 12.5. The second-order valence-electron chi connectivity index (χ2n) is 8.07. The molecule has 1 N–H and O–H groups in total. The van der Waals surface area contributed by atoms with Gasteiger partial charge in [-0.15, -0.1) is 0 Å². The van der Waals surface area contributed by atoms with Crippen LogP contribution < -0.4 is 5.32 Å². The summed E-state index contributed by atoms with van der Waals surface area (Å²) in [5, 5.41) is 7.39. The van der Waals surface area contributed by atoms with Gasteiger partial charge >= 0.3 is 5.97 Å². The second kappa shape index (κ2) is 10.3. The van der Waals surface area contributed by atoms with Crippen molar-refractivity contribution in [3.05, 3.63) is 83.7 Å². The van der Waals surface area contributed by atoms with Crippen molar-refractivity contribution in [2.24, 2.45) is 0 Å². The number of anilines is 1. The molecule has 0 unspecified atom stereocenters. The predicted molar refractivity (Wildman–Crippen MR) is 128 cm³/mol. The van der Waals surface area contributed by atoms with Gasteiger partial charge < -0.3 is 10.1 Å². The van der Waals surface area contributed by atoms with E-state index in [1.165, 1.54) is 11.1 Å². The maximum atomic E-state index is 12.5. The van der Waals surface area contributed by atoms with Crippen LogP contribution in [0.1, 0.15) is 34.8 Å². The van der Waals surface area contributed by atoms with Crippen molar-refractivity contribution in [2.75, 3.05) is 31.6 Å². The molecule has 7 nitrogen and oxygen atoms in total. The molecule has 1 aliphatic heterocycles. The van der Waals surface area contributed by atoms with E-state index in [4.69, 9.17) is 4.74 Å².